The van der Waals surface area contributed by atoms with Gasteiger partial charge in [0.1, 0.15) is 5.76 Å². The standard InChI is InChI=1S/C13H14BrNO2/c14-7-1-2-8-17-11-5-3-10-4-6-13(16)15-12(10)9-11/h3-6,9-10H,1-2,7-8H2. The molecule has 90 valence electrons. The fourth-order valence-electron chi connectivity index (χ4n) is 1.68. The quantitative estimate of drug-likeness (QED) is 0.578. The number of unbranched alkanes of at least 4 members (excludes halogenated alkanes) is 1. The molecule has 0 N–H and O–H groups in total. The van der Waals surface area contributed by atoms with E-state index in [0.29, 0.717) is 6.61 Å². The number of hydrogen-bond donors (Lipinski definition) is 0. The SMILES string of the molecule is O=C1C=CC2C=CC(OCCCCBr)=CC2=N1. The van der Waals surface area contributed by atoms with Gasteiger partial charge in [0.05, 0.1) is 12.3 Å². The summed E-state index contributed by atoms with van der Waals surface area (Å²) in [6.07, 6.45) is 11.3. The number of hydrogen-bond acceptors (Lipinski definition) is 2. The lowest BCUT2D eigenvalue weighted by Gasteiger charge is -2.17. The van der Waals surface area contributed by atoms with Crippen LogP contribution in [0.5, 0.6) is 0 Å². The molecule has 0 saturated carbocycles. The van der Waals surface area contributed by atoms with Gasteiger partial charge in [-0.05, 0) is 18.9 Å². The van der Waals surface area contributed by atoms with Gasteiger partial charge in [-0.15, -0.1) is 0 Å². The lowest BCUT2D eigenvalue weighted by molar-refractivity contribution is -0.113. The number of dihydropyridines is 1. The molecule has 0 aromatic rings. The number of carbonyl (C=O) groups excluding carboxylic acids is 1. The minimum absolute atomic E-state index is 0.127. The molecular formula is C13H14BrNO2. The van der Waals surface area contributed by atoms with Gasteiger partial charge < -0.3 is 4.74 Å². The first-order valence-corrected chi connectivity index (χ1v) is 6.81. The van der Waals surface area contributed by atoms with E-state index in [4.69, 9.17) is 4.74 Å². The zero-order chi connectivity index (χ0) is 12.1. The number of nitrogens with zero attached hydrogens (tertiary/aromatic N) is 1. The zero-order valence-electron chi connectivity index (χ0n) is 9.43. The first kappa shape index (κ1) is 12.3. The summed E-state index contributed by atoms with van der Waals surface area (Å²) >= 11 is 3.38. The summed E-state index contributed by atoms with van der Waals surface area (Å²) in [5.41, 5.74) is 0.774. The molecule has 1 aliphatic carbocycles. The zero-order valence-corrected chi connectivity index (χ0v) is 11.0. The topological polar surface area (TPSA) is 38.7 Å². The number of amides is 1. The van der Waals surface area contributed by atoms with Crippen LogP contribution in [0.2, 0.25) is 0 Å². The first-order chi connectivity index (χ1) is 8.29. The third-order valence-corrected chi connectivity index (χ3v) is 3.14. The van der Waals surface area contributed by atoms with E-state index in [2.05, 4.69) is 20.9 Å². The average Bonchev–Trinajstić information content (AvgIpc) is 2.34. The van der Waals surface area contributed by atoms with Gasteiger partial charge in [-0.25, -0.2) is 4.99 Å². The van der Waals surface area contributed by atoms with Crippen molar-refractivity contribution in [3.8, 4) is 0 Å². The van der Waals surface area contributed by atoms with E-state index < -0.39 is 0 Å². The third kappa shape index (κ3) is 3.40. The Kier molecular flexibility index (Phi) is 4.31. The Labute approximate surface area is 109 Å². The molecule has 0 radical (unpaired) electrons. The minimum atomic E-state index is -0.193. The molecule has 1 atom stereocenters. The Balaban J connectivity index is 1.93. The normalized spacial score (nSPS) is 21.9. The van der Waals surface area contributed by atoms with Gasteiger partial charge in [-0.3, -0.25) is 4.79 Å². The van der Waals surface area contributed by atoms with Gasteiger partial charge in [-0.1, -0.05) is 28.1 Å². The number of halogens is 1. The maximum atomic E-state index is 11.2. The van der Waals surface area contributed by atoms with Crippen molar-refractivity contribution in [2.24, 2.45) is 10.9 Å². The molecule has 1 heterocycles. The summed E-state index contributed by atoms with van der Waals surface area (Å²) in [4.78, 5) is 15.1. The minimum Gasteiger partial charge on any atom is -0.494 e. The van der Waals surface area contributed by atoms with Gasteiger partial charge in [0.25, 0.3) is 5.91 Å². The molecule has 17 heavy (non-hydrogen) atoms. The van der Waals surface area contributed by atoms with Gasteiger partial charge in [0.15, 0.2) is 0 Å². The van der Waals surface area contributed by atoms with Crippen LogP contribution in [0.1, 0.15) is 12.8 Å². The van der Waals surface area contributed by atoms with E-state index in [1.54, 1.807) is 0 Å². The first-order valence-electron chi connectivity index (χ1n) is 5.69. The number of carbonyl (C=O) groups is 1. The smallest absolute Gasteiger partial charge is 0.269 e. The third-order valence-electron chi connectivity index (χ3n) is 2.58. The molecule has 0 bridgehead atoms. The maximum Gasteiger partial charge on any atom is 0.269 e. The molecule has 0 aromatic heterocycles. The Morgan fingerprint density at radius 1 is 1.29 bits per heavy atom. The molecule has 1 aliphatic heterocycles. The van der Waals surface area contributed by atoms with Gasteiger partial charge in [-0.2, -0.15) is 0 Å². The molecule has 4 heteroatoms. The van der Waals surface area contributed by atoms with Crippen LogP contribution < -0.4 is 0 Å². The molecule has 0 fully saturated rings. The number of fused-ring (bicyclic) bond motifs is 1. The van der Waals surface area contributed by atoms with Crippen LogP contribution in [0.4, 0.5) is 0 Å². The summed E-state index contributed by atoms with van der Waals surface area (Å²) < 4.78 is 5.61. The van der Waals surface area contributed by atoms with Crippen molar-refractivity contribution in [2.75, 3.05) is 11.9 Å². The monoisotopic (exact) mass is 295 g/mol. The Bertz CT molecular complexity index is 421. The summed E-state index contributed by atoms with van der Waals surface area (Å²) in [5.74, 6) is 0.724. The molecular weight excluding hydrogens is 282 g/mol. The van der Waals surface area contributed by atoms with Crippen molar-refractivity contribution in [3.05, 3.63) is 36.1 Å². The fraction of sp³-hybridized carbons (Fsp3) is 0.385. The van der Waals surface area contributed by atoms with Crippen LogP contribution in [-0.4, -0.2) is 23.6 Å². The highest BCUT2D eigenvalue weighted by Crippen LogP contribution is 2.19. The van der Waals surface area contributed by atoms with Crippen LogP contribution in [-0.2, 0) is 9.53 Å². The van der Waals surface area contributed by atoms with Crippen LogP contribution in [0.3, 0.4) is 0 Å². The van der Waals surface area contributed by atoms with Crippen LogP contribution in [0, 0.1) is 5.92 Å². The predicted octanol–water partition coefficient (Wildman–Crippen LogP) is 2.79. The average molecular weight is 296 g/mol. The van der Waals surface area contributed by atoms with E-state index in [-0.39, 0.29) is 11.8 Å². The molecule has 2 rings (SSSR count). The maximum absolute atomic E-state index is 11.2. The van der Waals surface area contributed by atoms with E-state index in [1.807, 2.05) is 24.3 Å². The second-order valence-electron chi connectivity index (χ2n) is 3.91. The van der Waals surface area contributed by atoms with E-state index in [9.17, 15) is 4.79 Å². The van der Waals surface area contributed by atoms with Crippen molar-refractivity contribution >= 4 is 27.5 Å². The number of ether oxygens (including phenoxy) is 1. The van der Waals surface area contributed by atoms with Crippen molar-refractivity contribution in [2.45, 2.75) is 12.8 Å². The summed E-state index contributed by atoms with van der Waals surface area (Å²) in [6.45, 7) is 0.698. The van der Waals surface area contributed by atoms with Gasteiger partial charge >= 0.3 is 0 Å². The summed E-state index contributed by atoms with van der Waals surface area (Å²) in [6, 6.07) is 0. The molecule has 1 unspecified atom stereocenters. The molecule has 0 saturated heterocycles. The van der Waals surface area contributed by atoms with Gasteiger partial charge in [0, 0.05) is 23.4 Å². The van der Waals surface area contributed by atoms with Crippen molar-refractivity contribution in [3.63, 3.8) is 0 Å². The highest BCUT2D eigenvalue weighted by atomic mass is 79.9. The second-order valence-corrected chi connectivity index (χ2v) is 4.70. The van der Waals surface area contributed by atoms with E-state index in [0.717, 1.165) is 29.6 Å². The largest absolute Gasteiger partial charge is 0.494 e. The molecule has 3 nitrogen and oxygen atoms in total. The van der Waals surface area contributed by atoms with Crippen LogP contribution >= 0.6 is 15.9 Å². The van der Waals surface area contributed by atoms with Gasteiger partial charge in [0.2, 0.25) is 0 Å². The van der Waals surface area contributed by atoms with Crippen LogP contribution in [0.15, 0.2) is 41.1 Å². The molecule has 0 spiro atoms. The number of allylic oxidation sites excluding steroid dienone is 4. The number of aliphatic imine (C=N–C) groups is 1. The highest BCUT2D eigenvalue weighted by molar-refractivity contribution is 9.09. The van der Waals surface area contributed by atoms with Crippen molar-refractivity contribution in [1.82, 2.24) is 0 Å². The Hall–Kier alpha value is -1.16. The fourth-order valence-corrected chi connectivity index (χ4v) is 2.08. The number of rotatable bonds is 5. The van der Waals surface area contributed by atoms with Crippen LogP contribution in [0.25, 0.3) is 0 Å². The highest BCUT2D eigenvalue weighted by Gasteiger charge is 2.18. The summed E-state index contributed by atoms with van der Waals surface area (Å²) in [7, 11) is 0. The molecule has 2 aliphatic rings. The van der Waals surface area contributed by atoms with Crippen molar-refractivity contribution < 1.29 is 9.53 Å². The molecule has 0 aromatic carbocycles. The van der Waals surface area contributed by atoms with Crippen molar-refractivity contribution in [1.29, 1.82) is 0 Å². The second kappa shape index (κ2) is 5.96. The Morgan fingerprint density at radius 3 is 2.94 bits per heavy atom. The summed E-state index contributed by atoms with van der Waals surface area (Å²) in [5, 5.41) is 0.999. The lowest BCUT2D eigenvalue weighted by Crippen LogP contribution is -2.17. The Morgan fingerprint density at radius 2 is 2.12 bits per heavy atom. The van der Waals surface area contributed by atoms with E-state index >= 15 is 0 Å². The number of alkyl halides is 1. The van der Waals surface area contributed by atoms with E-state index in [1.165, 1.54) is 6.08 Å². The predicted molar refractivity (Wildman–Crippen MR) is 71.3 cm³/mol. The molecule has 1 amide bonds. The lowest BCUT2D eigenvalue weighted by atomic mass is 9.95.